The summed E-state index contributed by atoms with van der Waals surface area (Å²) in [5.41, 5.74) is 2.50. The van der Waals surface area contributed by atoms with Crippen LogP contribution in [0.1, 0.15) is 38.5 Å². The van der Waals surface area contributed by atoms with Crippen molar-refractivity contribution in [2.24, 2.45) is 22.7 Å². The highest BCUT2D eigenvalue weighted by Crippen LogP contribution is 2.40. The van der Waals surface area contributed by atoms with Crippen molar-refractivity contribution in [2.45, 2.75) is 50.7 Å². The van der Waals surface area contributed by atoms with Crippen LogP contribution in [0.25, 0.3) is 0 Å². The van der Waals surface area contributed by atoms with Gasteiger partial charge in [0.2, 0.25) is 0 Å². The summed E-state index contributed by atoms with van der Waals surface area (Å²) in [5.74, 6) is 4.60. The second-order valence-corrected chi connectivity index (χ2v) is 4.99. The first kappa shape index (κ1) is 12.7. The Hall–Kier alpha value is -0.780. The zero-order valence-electron chi connectivity index (χ0n) is 9.63. The van der Waals surface area contributed by atoms with Gasteiger partial charge in [0.15, 0.2) is 0 Å². The van der Waals surface area contributed by atoms with Gasteiger partial charge in [-0.1, -0.05) is 6.42 Å². The minimum Gasteiger partial charge on any atom is -0.312 e. The number of hydrogen-bond acceptors (Lipinski definition) is 2. The van der Waals surface area contributed by atoms with Crippen LogP contribution >= 0.6 is 0 Å². The predicted molar refractivity (Wildman–Crippen MR) is 59.3 cm³/mol. The number of nitrogens with zero attached hydrogens (tertiary/aromatic N) is 1. The molecule has 0 spiro atoms. The van der Waals surface area contributed by atoms with Crippen molar-refractivity contribution in [1.82, 2.24) is 5.43 Å². The van der Waals surface area contributed by atoms with Gasteiger partial charge >= 0.3 is 6.18 Å². The Bertz CT molecular complexity index is 297. The Balaban J connectivity index is 2.00. The van der Waals surface area contributed by atoms with E-state index in [0.717, 1.165) is 19.3 Å². The normalized spacial score (nSPS) is 31.4. The summed E-state index contributed by atoms with van der Waals surface area (Å²) in [7, 11) is 0. The van der Waals surface area contributed by atoms with Crippen LogP contribution in [0.5, 0.6) is 0 Å². The molecule has 0 heterocycles. The summed E-state index contributed by atoms with van der Waals surface area (Å²) >= 11 is 0. The Labute approximate surface area is 98.6 Å². The third-order valence-electron chi connectivity index (χ3n) is 3.54. The Morgan fingerprint density at radius 2 is 1.88 bits per heavy atom. The Morgan fingerprint density at radius 1 is 1.18 bits per heavy atom. The van der Waals surface area contributed by atoms with Gasteiger partial charge in [0.25, 0.3) is 0 Å². The molecule has 17 heavy (non-hydrogen) atoms. The van der Waals surface area contributed by atoms with Crippen LogP contribution in [0.2, 0.25) is 0 Å². The van der Waals surface area contributed by atoms with E-state index in [1.54, 1.807) is 0 Å². The molecule has 0 radical (unpaired) electrons. The lowest BCUT2D eigenvalue weighted by atomic mass is 9.80. The fourth-order valence-corrected chi connectivity index (χ4v) is 2.40. The van der Waals surface area contributed by atoms with E-state index in [2.05, 4.69) is 10.4 Å². The highest BCUT2D eigenvalue weighted by Gasteiger charge is 2.43. The van der Waals surface area contributed by atoms with Gasteiger partial charge in [0, 0.05) is 5.92 Å². The summed E-state index contributed by atoms with van der Waals surface area (Å²) in [4.78, 5) is 4.36. The van der Waals surface area contributed by atoms with Crippen LogP contribution in [-0.4, -0.2) is 18.1 Å². The number of alkyl halides is 3. The summed E-state index contributed by atoms with van der Waals surface area (Å²) in [6, 6.07) is 0.285. The smallest absolute Gasteiger partial charge is 0.312 e. The number of nitrogens with two attached hydrogens (primary N) is 1. The maximum Gasteiger partial charge on any atom is 0.391 e. The summed E-state index contributed by atoms with van der Waals surface area (Å²) in [5, 5.41) is 0. The highest BCUT2D eigenvalue weighted by molar-refractivity contribution is 5.84. The molecule has 6 heteroatoms. The molecular formula is C11H18F3N3. The lowest BCUT2D eigenvalue weighted by molar-refractivity contribution is -0.183. The average molecular weight is 249 g/mol. The molecular weight excluding hydrogens is 231 g/mol. The van der Waals surface area contributed by atoms with Crippen LogP contribution in [0, 0.1) is 11.8 Å². The lowest BCUT2D eigenvalue weighted by Crippen LogP contribution is -2.40. The molecule has 2 aliphatic carbocycles. The molecule has 2 unspecified atom stereocenters. The van der Waals surface area contributed by atoms with E-state index in [4.69, 9.17) is 5.84 Å². The van der Waals surface area contributed by atoms with Crippen LogP contribution in [0.3, 0.4) is 0 Å². The first-order chi connectivity index (χ1) is 8.00. The van der Waals surface area contributed by atoms with Gasteiger partial charge in [-0.2, -0.15) is 13.2 Å². The molecule has 2 saturated carbocycles. The minimum atomic E-state index is -4.09. The van der Waals surface area contributed by atoms with E-state index in [-0.39, 0.29) is 24.8 Å². The molecule has 3 N–H and O–H groups in total. The number of amidine groups is 1. The maximum absolute atomic E-state index is 12.7. The van der Waals surface area contributed by atoms with Crippen LogP contribution in [0.4, 0.5) is 13.2 Å². The summed E-state index contributed by atoms with van der Waals surface area (Å²) in [6.07, 6.45) is -0.317. The van der Waals surface area contributed by atoms with E-state index in [0.29, 0.717) is 12.3 Å². The van der Waals surface area contributed by atoms with Gasteiger partial charge in [0.1, 0.15) is 5.84 Å². The highest BCUT2D eigenvalue weighted by atomic mass is 19.4. The maximum atomic E-state index is 12.7. The second-order valence-electron chi connectivity index (χ2n) is 4.99. The standard InChI is InChI=1S/C11H18F3N3/c12-11(13,14)8-3-1-2-7(6-8)10(17-15)16-9-4-5-9/h7-9H,1-6,15H2,(H,16,17). The van der Waals surface area contributed by atoms with Crippen LogP contribution in [0.15, 0.2) is 4.99 Å². The van der Waals surface area contributed by atoms with Gasteiger partial charge in [-0.3, -0.25) is 4.99 Å². The predicted octanol–water partition coefficient (Wildman–Crippen LogP) is 2.38. The van der Waals surface area contributed by atoms with E-state index >= 15 is 0 Å². The largest absolute Gasteiger partial charge is 0.391 e. The van der Waals surface area contributed by atoms with Crippen molar-refractivity contribution in [3.8, 4) is 0 Å². The zero-order chi connectivity index (χ0) is 12.5. The number of hydrogen-bond donors (Lipinski definition) is 2. The van der Waals surface area contributed by atoms with Crippen molar-refractivity contribution < 1.29 is 13.2 Å². The SMILES string of the molecule is NNC(=NC1CC1)C1CCCC(C(F)(F)F)C1. The second kappa shape index (κ2) is 4.84. The number of aliphatic imine (C=N–C) groups is 1. The number of nitrogens with one attached hydrogen (secondary N) is 1. The molecule has 0 aromatic rings. The first-order valence-electron chi connectivity index (χ1n) is 6.11. The van der Waals surface area contributed by atoms with Crippen molar-refractivity contribution in [3.63, 3.8) is 0 Å². The number of hydrazine groups is 1. The van der Waals surface area contributed by atoms with Gasteiger partial charge < -0.3 is 5.43 Å². The molecule has 2 fully saturated rings. The van der Waals surface area contributed by atoms with E-state index < -0.39 is 12.1 Å². The molecule has 3 nitrogen and oxygen atoms in total. The minimum absolute atomic E-state index is 0.124. The van der Waals surface area contributed by atoms with E-state index in [1.165, 1.54) is 0 Å². The first-order valence-corrected chi connectivity index (χ1v) is 6.11. The Kier molecular flexibility index (Phi) is 3.61. The quantitative estimate of drug-likeness (QED) is 0.341. The van der Waals surface area contributed by atoms with Gasteiger partial charge in [-0.15, -0.1) is 0 Å². The molecule has 0 aromatic heterocycles. The van der Waals surface area contributed by atoms with Crippen LogP contribution in [-0.2, 0) is 0 Å². The monoisotopic (exact) mass is 249 g/mol. The average Bonchev–Trinajstić information content (AvgIpc) is 3.09. The molecule has 0 amide bonds. The van der Waals surface area contributed by atoms with Crippen molar-refractivity contribution in [2.75, 3.05) is 0 Å². The fraction of sp³-hybridized carbons (Fsp3) is 0.909. The van der Waals surface area contributed by atoms with Crippen molar-refractivity contribution >= 4 is 5.84 Å². The molecule has 2 atom stereocenters. The van der Waals surface area contributed by atoms with Crippen LogP contribution < -0.4 is 11.3 Å². The molecule has 2 rings (SSSR count). The van der Waals surface area contributed by atoms with Crippen molar-refractivity contribution in [3.05, 3.63) is 0 Å². The molecule has 0 bridgehead atoms. The molecule has 0 aromatic carbocycles. The lowest BCUT2D eigenvalue weighted by Gasteiger charge is -2.31. The van der Waals surface area contributed by atoms with Gasteiger partial charge in [-0.05, 0) is 32.1 Å². The Morgan fingerprint density at radius 3 is 2.41 bits per heavy atom. The number of rotatable bonds is 2. The summed E-state index contributed by atoms with van der Waals surface area (Å²) in [6.45, 7) is 0. The van der Waals surface area contributed by atoms with E-state index in [9.17, 15) is 13.2 Å². The molecule has 0 saturated heterocycles. The number of halogens is 3. The summed E-state index contributed by atoms with van der Waals surface area (Å²) < 4.78 is 38.0. The zero-order valence-corrected chi connectivity index (χ0v) is 9.63. The van der Waals surface area contributed by atoms with Crippen molar-refractivity contribution in [1.29, 1.82) is 0 Å². The van der Waals surface area contributed by atoms with E-state index in [1.807, 2.05) is 0 Å². The third-order valence-corrected chi connectivity index (χ3v) is 3.54. The molecule has 2 aliphatic rings. The topological polar surface area (TPSA) is 50.4 Å². The van der Waals surface area contributed by atoms with Gasteiger partial charge in [0.05, 0.1) is 12.0 Å². The third kappa shape index (κ3) is 3.34. The fourth-order valence-electron chi connectivity index (χ4n) is 2.40. The van der Waals surface area contributed by atoms with Gasteiger partial charge in [-0.25, -0.2) is 5.84 Å². The molecule has 98 valence electrons. The molecule has 0 aliphatic heterocycles.